The van der Waals surface area contributed by atoms with Crippen molar-refractivity contribution < 1.29 is 14.1 Å². The zero-order valence-corrected chi connectivity index (χ0v) is 13.2. The van der Waals surface area contributed by atoms with Crippen LogP contribution in [0.15, 0.2) is 42.5 Å². The number of anilines is 1. The first kappa shape index (κ1) is 16.1. The van der Waals surface area contributed by atoms with Crippen LogP contribution in [-0.4, -0.2) is 16.9 Å². The van der Waals surface area contributed by atoms with Crippen molar-refractivity contribution in [2.45, 2.75) is 32.2 Å². The van der Waals surface area contributed by atoms with Crippen molar-refractivity contribution in [2.75, 3.05) is 4.90 Å². The maximum absolute atomic E-state index is 13.4. The van der Waals surface area contributed by atoms with Crippen molar-refractivity contribution in [2.24, 2.45) is 0 Å². The number of nitro groups is 1. The fraction of sp³-hybridized carbons (Fsp3) is 0.278. The predicted octanol–water partition coefficient (Wildman–Crippen LogP) is 3.64. The number of amides is 1. The summed E-state index contributed by atoms with van der Waals surface area (Å²) in [5.41, 5.74) is 1.81. The van der Waals surface area contributed by atoms with Gasteiger partial charge in [0.1, 0.15) is 5.82 Å². The Morgan fingerprint density at radius 1 is 1.33 bits per heavy atom. The van der Waals surface area contributed by atoms with Gasteiger partial charge in [0.15, 0.2) is 0 Å². The maximum atomic E-state index is 13.4. The molecular formula is C18H17FN2O3. The van der Waals surface area contributed by atoms with E-state index in [1.165, 1.54) is 18.2 Å². The minimum atomic E-state index is -0.481. The molecule has 2 aromatic rings. The Kier molecular flexibility index (Phi) is 4.29. The molecule has 0 aromatic heterocycles. The second kappa shape index (κ2) is 6.39. The molecule has 1 heterocycles. The summed E-state index contributed by atoms with van der Waals surface area (Å²) >= 11 is 0. The zero-order chi connectivity index (χ0) is 17.3. The Morgan fingerprint density at radius 2 is 2.08 bits per heavy atom. The molecule has 1 unspecified atom stereocenters. The number of benzene rings is 2. The van der Waals surface area contributed by atoms with Gasteiger partial charge < -0.3 is 4.90 Å². The molecule has 0 N–H and O–H groups in total. The number of carbonyl (C=O) groups excluding carboxylic acids is 1. The SMILES string of the molecule is CC1CCc2cc(F)ccc2N1C(=O)Cc1ccccc1[N+](=O)[O-]. The molecule has 0 spiro atoms. The van der Waals surface area contributed by atoms with Crippen LogP contribution in [0.25, 0.3) is 0 Å². The first-order valence-electron chi connectivity index (χ1n) is 7.80. The number of rotatable bonds is 3. The summed E-state index contributed by atoms with van der Waals surface area (Å²) in [7, 11) is 0. The van der Waals surface area contributed by atoms with Gasteiger partial charge in [-0.05, 0) is 43.5 Å². The van der Waals surface area contributed by atoms with Gasteiger partial charge in [0, 0.05) is 23.4 Å². The van der Waals surface area contributed by atoms with Gasteiger partial charge in [-0.1, -0.05) is 18.2 Å². The first-order valence-corrected chi connectivity index (χ1v) is 7.80. The summed E-state index contributed by atoms with van der Waals surface area (Å²) in [6.07, 6.45) is 1.39. The summed E-state index contributed by atoms with van der Waals surface area (Å²) < 4.78 is 13.4. The Balaban J connectivity index is 1.92. The van der Waals surface area contributed by atoms with Crippen molar-refractivity contribution in [1.29, 1.82) is 0 Å². The molecule has 0 bridgehead atoms. The van der Waals surface area contributed by atoms with Crippen molar-refractivity contribution in [3.63, 3.8) is 0 Å². The van der Waals surface area contributed by atoms with Crippen LogP contribution in [0.2, 0.25) is 0 Å². The van der Waals surface area contributed by atoms with Gasteiger partial charge in [0.2, 0.25) is 5.91 Å². The molecule has 1 amide bonds. The lowest BCUT2D eigenvalue weighted by Crippen LogP contribution is -2.43. The average molecular weight is 328 g/mol. The summed E-state index contributed by atoms with van der Waals surface area (Å²) in [5, 5.41) is 11.1. The van der Waals surface area contributed by atoms with Crippen LogP contribution in [-0.2, 0) is 17.6 Å². The van der Waals surface area contributed by atoms with Crippen molar-refractivity contribution in [3.05, 3.63) is 69.5 Å². The largest absolute Gasteiger partial charge is 0.309 e. The highest BCUT2D eigenvalue weighted by Crippen LogP contribution is 2.32. The topological polar surface area (TPSA) is 63.5 Å². The summed E-state index contributed by atoms with van der Waals surface area (Å²) in [6.45, 7) is 1.93. The van der Waals surface area contributed by atoms with E-state index in [0.29, 0.717) is 17.7 Å². The van der Waals surface area contributed by atoms with Gasteiger partial charge in [-0.2, -0.15) is 0 Å². The number of para-hydroxylation sites is 1. The Bertz CT molecular complexity index is 807. The molecule has 1 atom stereocenters. The van der Waals surface area contributed by atoms with E-state index < -0.39 is 4.92 Å². The summed E-state index contributed by atoms with van der Waals surface area (Å²) in [4.78, 5) is 25.1. The van der Waals surface area contributed by atoms with E-state index in [0.717, 1.165) is 12.0 Å². The first-order chi connectivity index (χ1) is 11.5. The molecule has 5 nitrogen and oxygen atoms in total. The normalized spacial score (nSPS) is 16.6. The molecule has 0 saturated carbocycles. The van der Waals surface area contributed by atoms with Crippen LogP contribution in [0.3, 0.4) is 0 Å². The Morgan fingerprint density at radius 3 is 2.83 bits per heavy atom. The van der Waals surface area contributed by atoms with Gasteiger partial charge in [0.25, 0.3) is 5.69 Å². The van der Waals surface area contributed by atoms with Gasteiger partial charge in [0.05, 0.1) is 11.3 Å². The fourth-order valence-corrected chi connectivity index (χ4v) is 3.19. The smallest absolute Gasteiger partial charge is 0.273 e. The number of carbonyl (C=O) groups is 1. The summed E-state index contributed by atoms with van der Waals surface area (Å²) in [6, 6.07) is 10.6. The third-order valence-corrected chi connectivity index (χ3v) is 4.37. The van der Waals surface area contributed by atoms with Crippen molar-refractivity contribution in [3.8, 4) is 0 Å². The lowest BCUT2D eigenvalue weighted by Gasteiger charge is -2.35. The van der Waals surface area contributed by atoms with E-state index in [-0.39, 0.29) is 29.9 Å². The highest BCUT2D eigenvalue weighted by Gasteiger charge is 2.29. The second-order valence-corrected chi connectivity index (χ2v) is 5.99. The van der Waals surface area contributed by atoms with E-state index >= 15 is 0 Å². The van der Waals surface area contributed by atoms with Gasteiger partial charge in [-0.15, -0.1) is 0 Å². The minimum absolute atomic E-state index is 0.0294. The molecule has 3 rings (SSSR count). The van der Waals surface area contributed by atoms with E-state index in [1.807, 2.05) is 6.92 Å². The van der Waals surface area contributed by atoms with Gasteiger partial charge >= 0.3 is 0 Å². The number of halogens is 1. The van der Waals surface area contributed by atoms with Crippen LogP contribution in [0.5, 0.6) is 0 Å². The molecule has 6 heteroatoms. The van der Waals surface area contributed by atoms with Crippen LogP contribution in [0, 0.1) is 15.9 Å². The molecule has 124 valence electrons. The molecule has 1 aliphatic heterocycles. The highest BCUT2D eigenvalue weighted by atomic mass is 19.1. The van der Waals surface area contributed by atoms with Crippen molar-refractivity contribution >= 4 is 17.3 Å². The number of hydrogen-bond donors (Lipinski definition) is 0. The third kappa shape index (κ3) is 2.99. The molecule has 0 aliphatic carbocycles. The van der Waals surface area contributed by atoms with Gasteiger partial charge in [-0.3, -0.25) is 14.9 Å². The van der Waals surface area contributed by atoms with Crippen LogP contribution in [0.1, 0.15) is 24.5 Å². The minimum Gasteiger partial charge on any atom is -0.309 e. The molecule has 1 aliphatic rings. The number of fused-ring (bicyclic) bond motifs is 1. The molecule has 0 fully saturated rings. The molecule has 0 saturated heterocycles. The fourth-order valence-electron chi connectivity index (χ4n) is 3.19. The van der Waals surface area contributed by atoms with E-state index in [1.54, 1.807) is 29.2 Å². The zero-order valence-electron chi connectivity index (χ0n) is 13.2. The monoisotopic (exact) mass is 328 g/mol. The molecule has 2 aromatic carbocycles. The Labute approximate surface area is 138 Å². The molecule has 0 radical (unpaired) electrons. The van der Waals surface area contributed by atoms with Crippen LogP contribution in [0.4, 0.5) is 15.8 Å². The Hall–Kier alpha value is -2.76. The second-order valence-electron chi connectivity index (χ2n) is 5.99. The highest BCUT2D eigenvalue weighted by molar-refractivity contribution is 5.97. The molecular weight excluding hydrogens is 311 g/mol. The standard InChI is InChI=1S/C18H17FN2O3/c1-12-6-7-14-10-15(19)8-9-16(14)20(12)18(22)11-13-4-2-3-5-17(13)21(23)24/h2-5,8-10,12H,6-7,11H2,1H3. The predicted molar refractivity (Wildman–Crippen MR) is 88.5 cm³/mol. The van der Waals surface area contributed by atoms with Crippen LogP contribution < -0.4 is 4.90 Å². The average Bonchev–Trinajstić information content (AvgIpc) is 2.55. The lowest BCUT2D eigenvalue weighted by molar-refractivity contribution is -0.385. The quantitative estimate of drug-likeness (QED) is 0.638. The molecule has 24 heavy (non-hydrogen) atoms. The number of nitro benzene ring substituents is 1. The lowest BCUT2D eigenvalue weighted by atomic mass is 9.95. The van der Waals surface area contributed by atoms with E-state index in [9.17, 15) is 19.3 Å². The van der Waals surface area contributed by atoms with Gasteiger partial charge in [-0.25, -0.2) is 4.39 Å². The summed E-state index contributed by atoms with van der Waals surface area (Å²) in [5.74, 6) is -0.543. The maximum Gasteiger partial charge on any atom is 0.273 e. The number of hydrogen-bond acceptors (Lipinski definition) is 3. The van der Waals surface area contributed by atoms with E-state index in [2.05, 4.69) is 0 Å². The number of aryl methyl sites for hydroxylation is 1. The van der Waals surface area contributed by atoms with E-state index in [4.69, 9.17) is 0 Å². The third-order valence-electron chi connectivity index (χ3n) is 4.37. The van der Waals surface area contributed by atoms with Crippen molar-refractivity contribution in [1.82, 2.24) is 0 Å². The van der Waals surface area contributed by atoms with Crippen LogP contribution >= 0.6 is 0 Å². The number of nitrogens with zero attached hydrogens (tertiary/aromatic N) is 2.